The predicted octanol–water partition coefficient (Wildman–Crippen LogP) is 3.49. The highest BCUT2D eigenvalue weighted by Gasteiger charge is 2.30. The number of carbonyl (C=O) groups is 1. The minimum Gasteiger partial charge on any atom is -0.325 e. The lowest BCUT2D eigenvalue weighted by atomic mass is 10.2. The van der Waals surface area contributed by atoms with E-state index in [0.717, 1.165) is 35.3 Å². The van der Waals surface area contributed by atoms with Crippen LogP contribution >= 0.6 is 11.8 Å². The van der Waals surface area contributed by atoms with Gasteiger partial charge in [0.15, 0.2) is 5.16 Å². The summed E-state index contributed by atoms with van der Waals surface area (Å²) >= 11 is 1.13. The Balaban J connectivity index is 1.69. The lowest BCUT2D eigenvalue weighted by Gasteiger charge is -2.09. The Labute approximate surface area is 150 Å². The van der Waals surface area contributed by atoms with Gasteiger partial charge in [-0.3, -0.25) is 9.20 Å². The van der Waals surface area contributed by atoms with Crippen molar-refractivity contribution in [1.29, 1.82) is 0 Å². The zero-order valence-corrected chi connectivity index (χ0v) is 14.6. The predicted molar refractivity (Wildman–Crippen MR) is 91.1 cm³/mol. The van der Waals surface area contributed by atoms with E-state index in [1.54, 1.807) is 4.40 Å². The molecule has 1 amide bonds. The Morgan fingerprint density at radius 1 is 1.23 bits per heavy atom. The van der Waals surface area contributed by atoms with Gasteiger partial charge in [-0.2, -0.15) is 13.2 Å². The zero-order chi connectivity index (χ0) is 18.9. The number of hydrogen-bond donors (Lipinski definition) is 1. The molecule has 6 nitrogen and oxygen atoms in total. The average molecular weight is 381 g/mol. The third-order valence-electron chi connectivity index (χ3n) is 3.47. The van der Waals surface area contributed by atoms with E-state index in [4.69, 9.17) is 0 Å². The number of rotatable bonds is 4. The maximum Gasteiger partial charge on any atom is 0.416 e. The SMILES string of the molecule is Cc1cc(C)n2c(SCC(=O)Nc3cccc(C(F)(F)F)c3)nnc2n1. The molecule has 0 unspecified atom stereocenters. The van der Waals surface area contributed by atoms with Crippen molar-refractivity contribution < 1.29 is 18.0 Å². The number of aromatic nitrogens is 4. The minimum absolute atomic E-state index is 0.0235. The summed E-state index contributed by atoms with van der Waals surface area (Å²) in [4.78, 5) is 16.3. The number of nitrogens with zero attached hydrogens (tertiary/aromatic N) is 4. The van der Waals surface area contributed by atoms with Crippen LogP contribution < -0.4 is 5.32 Å². The number of aryl methyl sites for hydroxylation is 2. The van der Waals surface area contributed by atoms with Crippen LogP contribution in [0.1, 0.15) is 17.0 Å². The molecule has 10 heteroatoms. The fraction of sp³-hybridized carbons (Fsp3) is 0.250. The maximum atomic E-state index is 12.7. The van der Waals surface area contributed by atoms with Gasteiger partial charge in [-0.15, -0.1) is 10.2 Å². The molecule has 0 aliphatic carbocycles. The zero-order valence-electron chi connectivity index (χ0n) is 13.8. The third-order valence-corrected chi connectivity index (χ3v) is 4.40. The minimum atomic E-state index is -4.46. The van der Waals surface area contributed by atoms with E-state index in [-0.39, 0.29) is 11.4 Å². The fourth-order valence-corrected chi connectivity index (χ4v) is 3.18. The molecular formula is C16H14F3N5OS. The van der Waals surface area contributed by atoms with Gasteiger partial charge < -0.3 is 5.32 Å². The second-order valence-corrected chi connectivity index (χ2v) is 6.51. The van der Waals surface area contributed by atoms with Crippen LogP contribution in [0.2, 0.25) is 0 Å². The number of alkyl halides is 3. The van der Waals surface area contributed by atoms with E-state index in [1.165, 1.54) is 12.1 Å². The molecule has 0 radical (unpaired) electrons. The largest absolute Gasteiger partial charge is 0.416 e. The van der Waals surface area contributed by atoms with Crippen LogP contribution in [-0.4, -0.2) is 31.2 Å². The summed E-state index contributed by atoms with van der Waals surface area (Å²) in [7, 11) is 0. The molecule has 0 saturated heterocycles. The monoisotopic (exact) mass is 381 g/mol. The first-order valence-electron chi connectivity index (χ1n) is 7.53. The number of thioether (sulfide) groups is 1. The highest BCUT2D eigenvalue weighted by atomic mass is 32.2. The molecular weight excluding hydrogens is 367 g/mol. The Kier molecular flexibility index (Phi) is 4.86. The summed E-state index contributed by atoms with van der Waals surface area (Å²) in [6.45, 7) is 3.72. The second kappa shape index (κ2) is 6.94. The quantitative estimate of drug-likeness (QED) is 0.701. The highest BCUT2D eigenvalue weighted by Crippen LogP contribution is 2.30. The normalized spacial score (nSPS) is 11.7. The molecule has 0 fully saturated rings. The molecule has 136 valence electrons. The molecule has 3 rings (SSSR count). The first kappa shape index (κ1) is 18.2. The van der Waals surface area contributed by atoms with Crippen LogP contribution in [0.5, 0.6) is 0 Å². The van der Waals surface area contributed by atoms with Crippen LogP contribution in [-0.2, 0) is 11.0 Å². The van der Waals surface area contributed by atoms with Crippen molar-refractivity contribution in [2.45, 2.75) is 25.2 Å². The maximum absolute atomic E-state index is 12.7. The lowest BCUT2D eigenvalue weighted by Crippen LogP contribution is -2.15. The van der Waals surface area contributed by atoms with Crippen LogP contribution in [0.4, 0.5) is 18.9 Å². The third kappa shape index (κ3) is 3.96. The topological polar surface area (TPSA) is 72.2 Å². The Morgan fingerprint density at radius 3 is 2.73 bits per heavy atom. The van der Waals surface area contributed by atoms with Crippen LogP contribution in [0, 0.1) is 13.8 Å². The van der Waals surface area contributed by atoms with Crippen molar-refractivity contribution in [3.63, 3.8) is 0 Å². The van der Waals surface area contributed by atoms with E-state index >= 15 is 0 Å². The number of halogens is 3. The molecule has 0 bridgehead atoms. The van der Waals surface area contributed by atoms with E-state index in [9.17, 15) is 18.0 Å². The van der Waals surface area contributed by atoms with Crippen LogP contribution in [0.25, 0.3) is 5.78 Å². The molecule has 0 aliphatic rings. The lowest BCUT2D eigenvalue weighted by molar-refractivity contribution is -0.137. The van der Waals surface area contributed by atoms with Crippen molar-refractivity contribution in [2.75, 3.05) is 11.1 Å². The molecule has 0 aliphatic heterocycles. The van der Waals surface area contributed by atoms with Crippen molar-refractivity contribution in [1.82, 2.24) is 19.6 Å². The first-order valence-corrected chi connectivity index (χ1v) is 8.52. The number of benzene rings is 1. The summed E-state index contributed by atoms with van der Waals surface area (Å²) in [5.74, 6) is -0.0308. The summed E-state index contributed by atoms with van der Waals surface area (Å²) in [5.41, 5.74) is 0.952. The molecule has 1 N–H and O–H groups in total. The molecule has 26 heavy (non-hydrogen) atoms. The average Bonchev–Trinajstić information content (AvgIpc) is 2.95. The smallest absolute Gasteiger partial charge is 0.325 e. The number of carbonyl (C=O) groups excluding carboxylic acids is 1. The highest BCUT2D eigenvalue weighted by molar-refractivity contribution is 7.99. The Morgan fingerprint density at radius 2 is 2.00 bits per heavy atom. The molecule has 0 spiro atoms. The molecule has 0 atom stereocenters. The van der Waals surface area contributed by atoms with E-state index in [0.29, 0.717) is 10.9 Å². The number of nitrogens with one attached hydrogen (secondary N) is 1. The van der Waals surface area contributed by atoms with Gasteiger partial charge >= 0.3 is 6.18 Å². The van der Waals surface area contributed by atoms with Gasteiger partial charge in [-0.05, 0) is 38.1 Å². The Bertz CT molecular complexity index is 970. The Hall–Kier alpha value is -2.62. The summed E-state index contributed by atoms with van der Waals surface area (Å²) in [6.07, 6.45) is -4.46. The first-order chi connectivity index (χ1) is 12.2. The number of fused-ring (bicyclic) bond motifs is 1. The fourth-order valence-electron chi connectivity index (χ4n) is 2.39. The number of anilines is 1. The van der Waals surface area contributed by atoms with Gasteiger partial charge in [0.1, 0.15) is 0 Å². The number of amides is 1. The van der Waals surface area contributed by atoms with E-state index in [2.05, 4.69) is 20.5 Å². The van der Waals surface area contributed by atoms with Gasteiger partial charge in [0.25, 0.3) is 5.78 Å². The summed E-state index contributed by atoms with van der Waals surface area (Å²) < 4.78 is 39.9. The molecule has 1 aromatic carbocycles. The van der Waals surface area contributed by atoms with Crippen LogP contribution in [0.15, 0.2) is 35.5 Å². The van der Waals surface area contributed by atoms with Gasteiger partial charge in [-0.25, -0.2) is 4.98 Å². The molecule has 2 heterocycles. The van der Waals surface area contributed by atoms with Gasteiger partial charge in [-0.1, -0.05) is 17.8 Å². The van der Waals surface area contributed by atoms with Gasteiger partial charge in [0.2, 0.25) is 5.91 Å². The molecule has 3 aromatic rings. The number of hydrogen-bond acceptors (Lipinski definition) is 5. The summed E-state index contributed by atoms with van der Waals surface area (Å²) in [5, 5.41) is 10.9. The molecule has 2 aromatic heterocycles. The van der Waals surface area contributed by atoms with Gasteiger partial charge in [0, 0.05) is 17.1 Å². The standard InChI is InChI=1S/C16H14F3N5OS/c1-9-6-10(2)24-14(20-9)22-23-15(24)26-8-13(25)21-12-5-3-4-11(7-12)16(17,18)19/h3-7H,8H2,1-2H3,(H,21,25). The van der Waals surface area contributed by atoms with Crippen molar-refractivity contribution in [2.24, 2.45) is 0 Å². The van der Waals surface area contributed by atoms with Crippen LogP contribution in [0.3, 0.4) is 0 Å². The van der Waals surface area contributed by atoms with Crippen molar-refractivity contribution in [3.8, 4) is 0 Å². The molecule has 0 saturated carbocycles. The van der Waals surface area contributed by atoms with Gasteiger partial charge in [0.05, 0.1) is 11.3 Å². The second-order valence-electron chi connectivity index (χ2n) is 5.57. The summed E-state index contributed by atoms with van der Waals surface area (Å²) in [6, 6.07) is 6.36. The van der Waals surface area contributed by atoms with Crippen molar-refractivity contribution in [3.05, 3.63) is 47.3 Å². The van der Waals surface area contributed by atoms with Crippen molar-refractivity contribution >= 4 is 29.1 Å². The van der Waals surface area contributed by atoms with E-state index < -0.39 is 17.6 Å². The van der Waals surface area contributed by atoms with E-state index in [1.807, 2.05) is 19.9 Å².